The van der Waals surface area contributed by atoms with Crippen LogP contribution >= 0.6 is 0 Å². The minimum Gasteiger partial charge on any atom is -0.447 e. The minimum atomic E-state index is -0.524. The molecule has 0 aliphatic carbocycles. The molecule has 328 valence electrons. The molecule has 6 rings (SSSR count). The second kappa shape index (κ2) is 25.8. The number of rotatable bonds is 22. The topological polar surface area (TPSA) is 221 Å². The minimum absolute atomic E-state index is 0.0111. The number of H-pyrrole nitrogens is 2. The van der Waals surface area contributed by atoms with Gasteiger partial charge in [0.1, 0.15) is 24.8 Å². The average molecular weight is 842 g/mol. The van der Waals surface area contributed by atoms with Crippen LogP contribution in [0.5, 0.6) is 0 Å². The van der Waals surface area contributed by atoms with Crippen LogP contribution in [-0.2, 0) is 19.0 Å². The van der Waals surface area contributed by atoms with Crippen LogP contribution in [0.1, 0.15) is 109 Å². The van der Waals surface area contributed by atoms with E-state index >= 15 is 0 Å². The van der Waals surface area contributed by atoms with Crippen molar-refractivity contribution in [1.29, 1.82) is 0 Å². The molecule has 17 nitrogen and oxygen atoms in total. The van der Waals surface area contributed by atoms with Gasteiger partial charge in [0.05, 0.1) is 44.1 Å². The van der Waals surface area contributed by atoms with Crippen molar-refractivity contribution in [3.8, 4) is 0 Å². The summed E-state index contributed by atoms with van der Waals surface area (Å²) in [6, 6.07) is 0. The highest BCUT2D eigenvalue weighted by Gasteiger charge is 2.30. The summed E-state index contributed by atoms with van der Waals surface area (Å²) in [5.74, 6) is 0.210. The molecule has 4 aromatic heterocycles. The van der Waals surface area contributed by atoms with E-state index in [9.17, 15) is 19.2 Å². The number of Topliss-reactive ketones (excluding diaryl/α,β-unsaturated/α-hetero) is 1. The molecule has 2 aliphatic heterocycles. The number of fused-ring (bicyclic) bond motifs is 2. The zero-order valence-corrected chi connectivity index (χ0v) is 34.9. The number of nitrogens with zero attached hydrogens (tertiary/aromatic N) is 6. The van der Waals surface area contributed by atoms with E-state index in [0.29, 0.717) is 55.5 Å². The Hall–Kier alpha value is -5.78. The number of ether oxygens (including phenoxy) is 3. The lowest BCUT2D eigenvalue weighted by molar-refractivity contribution is -0.119. The summed E-state index contributed by atoms with van der Waals surface area (Å²) in [5.41, 5.74) is 0.985. The van der Waals surface area contributed by atoms with E-state index in [1.165, 1.54) is 12.7 Å². The second-order valence-electron chi connectivity index (χ2n) is 14.6. The highest BCUT2D eigenvalue weighted by Crippen LogP contribution is 2.30. The van der Waals surface area contributed by atoms with E-state index in [-0.39, 0.29) is 60.3 Å². The number of ketones is 1. The number of aromatic nitrogens is 8. The number of aliphatic hydroxyl groups excluding tert-OH is 1. The Morgan fingerprint density at radius 1 is 0.738 bits per heavy atom. The predicted octanol–water partition coefficient (Wildman–Crippen LogP) is 6.58. The summed E-state index contributed by atoms with van der Waals surface area (Å²) in [6.07, 6.45) is 37.3. The maximum Gasteiger partial charge on any atom is 0.407 e. The monoisotopic (exact) mass is 841 g/mol. The van der Waals surface area contributed by atoms with Crippen molar-refractivity contribution < 1.29 is 28.9 Å². The number of allylic oxidation sites excluding steroid dienone is 10. The van der Waals surface area contributed by atoms with Crippen LogP contribution in [-0.4, -0.2) is 88.0 Å². The molecule has 0 radical (unpaired) electrons. The van der Waals surface area contributed by atoms with Gasteiger partial charge in [0.25, 0.3) is 11.1 Å². The van der Waals surface area contributed by atoms with Crippen molar-refractivity contribution in [1.82, 2.24) is 44.4 Å². The van der Waals surface area contributed by atoms with Crippen LogP contribution < -0.4 is 16.4 Å². The molecule has 0 bridgehead atoms. The van der Waals surface area contributed by atoms with Gasteiger partial charge in [-0.25, -0.2) is 24.7 Å². The molecule has 2 aliphatic rings. The molecule has 0 saturated carbocycles. The Bertz CT molecular complexity index is 2230. The van der Waals surface area contributed by atoms with Gasteiger partial charge >= 0.3 is 6.09 Å². The average Bonchev–Trinajstić information content (AvgIpc) is 4.10. The van der Waals surface area contributed by atoms with Gasteiger partial charge in [-0.05, 0) is 77.0 Å². The van der Waals surface area contributed by atoms with Gasteiger partial charge in [0, 0.05) is 19.4 Å². The SMILES string of the molecule is CC/C=C\C/C=C\C/C=C\C/C=C\C/C=C\CCCC(=O)CCCNC(=O)OC[C@@H]1CCC(n2cnc3c(=O)[nH]cnc32)O1.O=c1[nH]cnc2c1ncn2C1CC[C@@H](CO)O1. The fraction of sp³-hybridized carbons (Fsp3) is 0.500. The number of amides is 1. The number of alkyl carbamates (subject to hydrolysis) is 1. The van der Waals surface area contributed by atoms with Gasteiger partial charge in [-0.2, -0.15) is 0 Å². The number of nitrogens with one attached hydrogen (secondary N) is 3. The van der Waals surface area contributed by atoms with Crippen molar-refractivity contribution >= 4 is 34.2 Å². The molecule has 6 heterocycles. The van der Waals surface area contributed by atoms with Crippen LogP contribution in [0.15, 0.2) is 95.7 Å². The summed E-state index contributed by atoms with van der Waals surface area (Å²) in [6.45, 7) is 2.66. The Morgan fingerprint density at radius 2 is 1.25 bits per heavy atom. The number of hydrogen-bond donors (Lipinski definition) is 4. The Balaban J connectivity index is 0.000000340. The number of imidazole rings is 2. The lowest BCUT2D eigenvalue weighted by Crippen LogP contribution is -2.29. The Labute approximate surface area is 354 Å². The van der Waals surface area contributed by atoms with Crippen molar-refractivity contribution in [2.24, 2.45) is 0 Å². The van der Waals surface area contributed by atoms with Gasteiger partial charge in [-0.1, -0.05) is 67.7 Å². The van der Waals surface area contributed by atoms with Crippen LogP contribution in [0.4, 0.5) is 4.79 Å². The standard InChI is InChI=1S/C34H47N5O5.C10H12N4O3/c1-2-3-4-5-6-7-8-9-10-11-12-13-14-15-16-17-18-20-28(40)21-19-24-35-34(42)43-25-29-22-23-30(44-29)39-27-38-31-32(39)36-26-37-33(31)41;15-3-6-1-2-7(17-6)14-5-13-8-9(14)11-4-12-10(8)16/h3-4,6-7,9-10,12-13,15-16,26-27,29-30H,2,5,8,11,14,17-25H2,1H3,(H,35,42)(H,36,37,41);4-7,15H,1-3H2,(H,11,12,16)/b4-3-,7-6-,10-9-,13-12-,16-15-;/t29-,30?;6-,7?/m00/s1. The molecule has 1 amide bonds. The molecule has 2 fully saturated rings. The molecular formula is C44H59N9O8. The molecule has 4 aromatic rings. The Morgan fingerprint density at radius 3 is 1.79 bits per heavy atom. The van der Waals surface area contributed by atoms with Gasteiger partial charge in [0.15, 0.2) is 22.3 Å². The van der Waals surface area contributed by atoms with Crippen LogP contribution in [0.2, 0.25) is 0 Å². The van der Waals surface area contributed by atoms with Crippen LogP contribution in [0.3, 0.4) is 0 Å². The molecule has 61 heavy (non-hydrogen) atoms. The van der Waals surface area contributed by atoms with Gasteiger partial charge in [-0.15, -0.1) is 0 Å². The highest BCUT2D eigenvalue weighted by atomic mass is 16.6. The zero-order chi connectivity index (χ0) is 43.1. The Kier molecular flexibility index (Phi) is 19.5. The highest BCUT2D eigenvalue weighted by molar-refractivity contribution is 5.78. The summed E-state index contributed by atoms with van der Waals surface area (Å²) in [4.78, 5) is 68.9. The third-order valence-electron chi connectivity index (χ3n) is 10.0. The van der Waals surface area contributed by atoms with Crippen LogP contribution in [0.25, 0.3) is 22.3 Å². The molecule has 4 N–H and O–H groups in total. The maximum atomic E-state index is 12.1. The van der Waals surface area contributed by atoms with E-state index in [1.807, 2.05) is 0 Å². The smallest absolute Gasteiger partial charge is 0.407 e. The number of carbonyl (C=O) groups is 2. The second-order valence-corrected chi connectivity index (χ2v) is 14.6. The maximum absolute atomic E-state index is 12.1. The third kappa shape index (κ3) is 15.0. The van der Waals surface area contributed by atoms with E-state index in [0.717, 1.165) is 57.8 Å². The number of hydrogen-bond acceptors (Lipinski definition) is 12. The third-order valence-corrected chi connectivity index (χ3v) is 10.0. The van der Waals surface area contributed by atoms with E-state index < -0.39 is 6.09 Å². The van der Waals surface area contributed by atoms with Crippen LogP contribution in [0, 0.1) is 0 Å². The quantitative estimate of drug-likeness (QED) is 0.0487. The lowest BCUT2D eigenvalue weighted by atomic mass is 10.1. The lowest BCUT2D eigenvalue weighted by Gasteiger charge is -2.15. The van der Waals surface area contributed by atoms with E-state index in [4.69, 9.17) is 19.3 Å². The van der Waals surface area contributed by atoms with E-state index in [2.05, 4.69) is 103 Å². The number of unbranched alkanes of at least 4 members (excludes halogenated alkanes) is 1. The molecule has 0 aromatic carbocycles. The summed E-state index contributed by atoms with van der Waals surface area (Å²) >= 11 is 0. The number of aliphatic hydroxyl groups is 1. The van der Waals surface area contributed by atoms with Gasteiger partial charge < -0.3 is 34.6 Å². The summed E-state index contributed by atoms with van der Waals surface area (Å²) < 4.78 is 20.4. The summed E-state index contributed by atoms with van der Waals surface area (Å²) in [7, 11) is 0. The first-order valence-corrected chi connectivity index (χ1v) is 21.3. The number of carbonyl (C=O) groups excluding carboxylic acids is 2. The van der Waals surface area contributed by atoms with Crippen molar-refractivity contribution in [3.63, 3.8) is 0 Å². The molecule has 4 atom stereocenters. The first kappa shape index (κ1) is 46.3. The largest absolute Gasteiger partial charge is 0.447 e. The first-order valence-electron chi connectivity index (χ1n) is 21.3. The van der Waals surface area contributed by atoms with Gasteiger partial charge in [0.2, 0.25) is 0 Å². The van der Waals surface area contributed by atoms with Gasteiger partial charge in [-0.3, -0.25) is 23.5 Å². The summed E-state index contributed by atoms with van der Waals surface area (Å²) in [5, 5.41) is 11.7. The predicted molar refractivity (Wildman–Crippen MR) is 232 cm³/mol. The molecule has 17 heteroatoms. The molecule has 2 unspecified atom stereocenters. The fourth-order valence-electron chi connectivity index (χ4n) is 6.79. The normalized spacial score (nSPS) is 19.4. The van der Waals surface area contributed by atoms with Crippen molar-refractivity contribution in [2.75, 3.05) is 19.8 Å². The molecular weight excluding hydrogens is 783 g/mol. The van der Waals surface area contributed by atoms with Crippen molar-refractivity contribution in [3.05, 3.63) is 107 Å². The fourth-order valence-corrected chi connectivity index (χ4v) is 6.79. The van der Waals surface area contributed by atoms with Crippen molar-refractivity contribution in [2.45, 2.75) is 121 Å². The first-order chi connectivity index (χ1) is 29.9. The molecule has 2 saturated heterocycles. The number of aromatic amines is 2. The molecule has 0 spiro atoms. The zero-order valence-electron chi connectivity index (χ0n) is 34.9. The van der Waals surface area contributed by atoms with E-state index in [1.54, 1.807) is 21.8 Å².